The number of phenols is 4. The van der Waals surface area contributed by atoms with E-state index in [-0.39, 0.29) is 11.1 Å². The van der Waals surface area contributed by atoms with Crippen molar-refractivity contribution in [2.75, 3.05) is 19.8 Å². The van der Waals surface area contributed by atoms with Crippen LogP contribution in [0.5, 0.6) is 28.7 Å². The van der Waals surface area contributed by atoms with Crippen molar-refractivity contribution in [3.63, 3.8) is 0 Å². The molecule has 0 radical (unpaired) electrons. The number of ether oxygens (including phenoxy) is 4. The molecule has 3 heterocycles. The summed E-state index contributed by atoms with van der Waals surface area (Å²) < 4.78 is 27.6. The molecule has 2 fully saturated rings. The zero-order chi connectivity index (χ0) is 30.5. The molecule has 0 aliphatic carbocycles. The van der Waals surface area contributed by atoms with E-state index in [1.807, 2.05) is 0 Å². The number of hydrogen-bond donors (Lipinski definition) is 10. The molecule has 5 rings (SSSR count). The summed E-state index contributed by atoms with van der Waals surface area (Å²) in [7, 11) is 0. The van der Waals surface area contributed by atoms with Gasteiger partial charge in [0.25, 0.3) is 0 Å². The first-order chi connectivity index (χ1) is 19.9. The van der Waals surface area contributed by atoms with Gasteiger partial charge in [-0.3, -0.25) is 4.79 Å². The van der Waals surface area contributed by atoms with E-state index in [0.717, 1.165) is 24.3 Å². The Bertz CT molecular complexity index is 1520. The van der Waals surface area contributed by atoms with Crippen LogP contribution in [0.4, 0.5) is 0 Å². The molecular weight excluding hydrogens is 568 g/mol. The van der Waals surface area contributed by atoms with Gasteiger partial charge in [-0.15, -0.1) is 0 Å². The summed E-state index contributed by atoms with van der Waals surface area (Å²) in [5, 5.41) is 101. The lowest BCUT2D eigenvalue weighted by atomic mass is 9.98. The molecular formula is C26H28O16. The van der Waals surface area contributed by atoms with E-state index in [9.17, 15) is 55.9 Å². The molecule has 16 nitrogen and oxygen atoms in total. The largest absolute Gasteiger partial charge is 0.508 e. The summed E-state index contributed by atoms with van der Waals surface area (Å²) in [6, 6.07) is 5.22. The highest BCUT2D eigenvalue weighted by molar-refractivity contribution is 5.88. The average Bonchev–Trinajstić information content (AvgIpc) is 3.23. The number of fused-ring (bicyclic) bond motifs is 1. The van der Waals surface area contributed by atoms with Crippen molar-refractivity contribution in [3.05, 3.63) is 40.6 Å². The maximum atomic E-state index is 13.6. The van der Waals surface area contributed by atoms with Gasteiger partial charge < -0.3 is 74.4 Å². The minimum atomic E-state index is -2.09. The third kappa shape index (κ3) is 5.08. The van der Waals surface area contributed by atoms with Crippen LogP contribution in [0, 0.1) is 0 Å². The quantitative estimate of drug-likeness (QED) is 0.131. The molecule has 0 amide bonds. The molecule has 16 heteroatoms. The number of phenolic OH excluding ortho intramolecular Hbond substituents is 4. The van der Waals surface area contributed by atoms with Gasteiger partial charge in [0.2, 0.25) is 17.5 Å². The van der Waals surface area contributed by atoms with Gasteiger partial charge >= 0.3 is 0 Å². The van der Waals surface area contributed by atoms with Crippen LogP contribution in [0.3, 0.4) is 0 Å². The maximum Gasteiger partial charge on any atom is 0.239 e. The number of aromatic hydroxyl groups is 4. The van der Waals surface area contributed by atoms with E-state index < -0.39 is 114 Å². The monoisotopic (exact) mass is 596 g/mol. The first-order valence-corrected chi connectivity index (χ1v) is 12.5. The minimum Gasteiger partial charge on any atom is -0.508 e. The highest BCUT2D eigenvalue weighted by Crippen LogP contribution is 2.40. The Morgan fingerprint density at radius 1 is 0.929 bits per heavy atom. The fourth-order valence-corrected chi connectivity index (χ4v) is 4.72. The van der Waals surface area contributed by atoms with Gasteiger partial charge in [-0.05, 0) is 18.2 Å². The number of hydrogen-bond acceptors (Lipinski definition) is 16. The summed E-state index contributed by atoms with van der Waals surface area (Å²) in [4.78, 5) is 13.6. The topological polar surface area (TPSA) is 269 Å². The number of aliphatic hydroxyl groups is 6. The van der Waals surface area contributed by atoms with Gasteiger partial charge in [0.05, 0.1) is 19.8 Å². The van der Waals surface area contributed by atoms with Crippen LogP contribution in [0.15, 0.2) is 39.5 Å². The van der Waals surface area contributed by atoms with Crippen LogP contribution in [0.2, 0.25) is 0 Å². The van der Waals surface area contributed by atoms with Crippen LogP contribution in [0.25, 0.3) is 22.3 Å². The second-order valence-electron chi connectivity index (χ2n) is 9.94. The standard InChI is InChI=1S/C26H28O16/c27-6-15-17(33)21(41-25-23(36)26(37,7-28)8-38-25)19(35)24(40-15)42-22-18(34)16-13(32)4-10(29)5-14(16)39-20(22)9-1-2-11(30)12(31)3-9/h1-5,15,17,19,21,23-25,27-33,35-37H,6-8H2/t15-,17+,19-,21+,23+,24+,25+,26-/m1/s1. The van der Waals surface area contributed by atoms with E-state index in [1.165, 1.54) is 6.07 Å². The van der Waals surface area contributed by atoms with Crippen molar-refractivity contribution in [3.8, 4) is 40.1 Å². The highest BCUT2D eigenvalue weighted by Gasteiger charge is 2.53. The molecule has 0 saturated carbocycles. The van der Waals surface area contributed by atoms with Crippen LogP contribution in [0.1, 0.15) is 0 Å². The van der Waals surface area contributed by atoms with E-state index in [4.69, 9.17) is 23.4 Å². The van der Waals surface area contributed by atoms with E-state index in [0.29, 0.717) is 0 Å². The molecule has 0 bridgehead atoms. The van der Waals surface area contributed by atoms with Crippen molar-refractivity contribution in [2.45, 2.75) is 48.7 Å². The molecule has 8 atom stereocenters. The molecule has 1 aromatic heterocycles. The fraction of sp³-hybridized carbons (Fsp3) is 0.423. The predicted octanol–water partition coefficient (Wildman–Crippen LogP) is -2.07. The molecule has 228 valence electrons. The van der Waals surface area contributed by atoms with Gasteiger partial charge in [0.15, 0.2) is 23.5 Å². The molecule has 10 N–H and O–H groups in total. The van der Waals surface area contributed by atoms with Gasteiger partial charge in [-0.25, -0.2) is 0 Å². The van der Waals surface area contributed by atoms with Crippen molar-refractivity contribution in [1.82, 2.24) is 0 Å². The zero-order valence-corrected chi connectivity index (χ0v) is 21.5. The summed E-state index contributed by atoms with van der Waals surface area (Å²) >= 11 is 0. The zero-order valence-electron chi connectivity index (χ0n) is 21.5. The van der Waals surface area contributed by atoms with E-state index in [2.05, 4.69) is 0 Å². The molecule has 2 aromatic carbocycles. The average molecular weight is 596 g/mol. The maximum absolute atomic E-state index is 13.6. The van der Waals surface area contributed by atoms with Crippen LogP contribution >= 0.6 is 0 Å². The molecule has 2 saturated heterocycles. The Balaban J connectivity index is 1.56. The summed E-state index contributed by atoms with van der Waals surface area (Å²) in [6.45, 7) is -2.28. The number of rotatable bonds is 7. The van der Waals surface area contributed by atoms with E-state index in [1.54, 1.807) is 0 Å². The third-order valence-electron chi connectivity index (χ3n) is 7.08. The first kappa shape index (κ1) is 29.8. The molecule has 0 unspecified atom stereocenters. The molecule has 2 aliphatic rings. The lowest BCUT2D eigenvalue weighted by molar-refractivity contribution is -0.313. The van der Waals surface area contributed by atoms with Gasteiger partial charge in [0.1, 0.15) is 58.6 Å². The summed E-state index contributed by atoms with van der Waals surface area (Å²) in [5.74, 6) is -3.36. The normalized spacial score (nSPS) is 31.4. The summed E-state index contributed by atoms with van der Waals surface area (Å²) in [5.41, 5.74) is -3.46. The van der Waals surface area contributed by atoms with E-state index >= 15 is 0 Å². The number of benzene rings is 2. The minimum absolute atomic E-state index is 0.0373. The lowest BCUT2D eigenvalue weighted by Crippen LogP contribution is -2.62. The van der Waals surface area contributed by atoms with Crippen LogP contribution in [-0.4, -0.2) is 120 Å². The van der Waals surface area contributed by atoms with Gasteiger partial charge in [-0.2, -0.15) is 0 Å². The molecule has 3 aromatic rings. The Kier molecular flexibility index (Phi) is 7.92. The van der Waals surface area contributed by atoms with Crippen LogP contribution in [-0.2, 0) is 14.2 Å². The van der Waals surface area contributed by atoms with Gasteiger partial charge in [0, 0.05) is 17.7 Å². The van der Waals surface area contributed by atoms with Crippen molar-refractivity contribution >= 4 is 11.0 Å². The summed E-state index contributed by atoms with van der Waals surface area (Å²) in [6.07, 6.45) is -12.3. The van der Waals surface area contributed by atoms with Crippen LogP contribution < -0.4 is 10.2 Å². The molecule has 0 spiro atoms. The number of aliphatic hydroxyl groups excluding tert-OH is 5. The molecule has 42 heavy (non-hydrogen) atoms. The Hall–Kier alpha value is -3.71. The SMILES string of the molecule is O=c1c(O[C@@H]2O[C@H](CO)[C@H](O)[C@H](O[C@@H]3OC[C@](O)(CO)[C@H]3O)[C@H]2O)c(-c2ccc(O)c(O)c2)oc2cc(O)cc(O)c12. The Morgan fingerprint density at radius 3 is 2.31 bits per heavy atom. The second-order valence-corrected chi connectivity index (χ2v) is 9.94. The smallest absolute Gasteiger partial charge is 0.239 e. The highest BCUT2D eigenvalue weighted by atomic mass is 16.7. The predicted molar refractivity (Wildman–Crippen MR) is 136 cm³/mol. The third-order valence-corrected chi connectivity index (χ3v) is 7.08. The van der Waals surface area contributed by atoms with Crippen molar-refractivity contribution < 1.29 is 74.4 Å². The fourth-order valence-electron chi connectivity index (χ4n) is 4.72. The Labute approximate surface area is 235 Å². The Morgan fingerprint density at radius 2 is 1.67 bits per heavy atom. The van der Waals surface area contributed by atoms with Crippen molar-refractivity contribution in [1.29, 1.82) is 0 Å². The van der Waals surface area contributed by atoms with Gasteiger partial charge in [-0.1, -0.05) is 0 Å². The first-order valence-electron chi connectivity index (χ1n) is 12.5. The second kappa shape index (κ2) is 11.2. The lowest BCUT2D eigenvalue weighted by Gasteiger charge is -2.42. The molecule has 2 aliphatic heterocycles. The van der Waals surface area contributed by atoms with Crippen molar-refractivity contribution in [2.24, 2.45) is 0 Å².